The molecule has 0 spiro atoms. The molecule has 0 saturated carbocycles. The Hall–Kier alpha value is -1.88. The minimum absolute atomic E-state index is 0.0557. The second-order valence-electron chi connectivity index (χ2n) is 6.72. The highest BCUT2D eigenvalue weighted by Crippen LogP contribution is 2.28. The first-order chi connectivity index (χ1) is 10.6. The molecular weight excluding hydrogens is 306 g/mol. The molecule has 1 aromatic heterocycles. The van der Waals surface area contributed by atoms with E-state index in [4.69, 9.17) is 0 Å². The molecule has 0 unspecified atom stereocenters. The number of rotatable bonds is 3. The second-order valence-corrected chi connectivity index (χ2v) is 7.73. The van der Waals surface area contributed by atoms with Crippen LogP contribution in [0.3, 0.4) is 0 Å². The molecular formula is C18H23N3OS. The number of hydrogen-bond acceptors (Lipinski definition) is 4. The smallest absolute Gasteiger partial charge is 0.251 e. The summed E-state index contributed by atoms with van der Waals surface area (Å²) in [5.74, 6) is -0.0557. The molecule has 1 N–H and O–H groups in total. The van der Waals surface area contributed by atoms with Crippen molar-refractivity contribution in [1.82, 2.24) is 15.3 Å². The van der Waals surface area contributed by atoms with E-state index in [1.807, 2.05) is 65.8 Å². The maximum absolute atomic E-state index is 12.2. The van der Waals surface area contributed by atoms with E-state index in [2.05, 4.69) is 15.3 Å². The van der Waals surface area contributed by atoms with Gasteiger partial charge in [-0.1, -0.05) is 0 Å². The summed E-state index contributed by atoms with van der Waals surface area (Å²) >= 11 is 1.52. The zero-order chi connectivity index (χ0) is 17.2. The molecule has 1 heterocycles. The molecule has 0 saturated heterocycles. The maximum atomic E-state index is 12.2. The van der Waals surface area contributed by atoms with Crippen molar-refractivity contribution in [2.24, 2.45) is 0 Å². The molecule has 0 bridgehead atoms. The zero-order valence-corrected chi connectivity index (χ0v) is 15.3. The minimum atomic E-state index is -0.245. The summed E-state index contributed by atoms with van der Waals surface area (Å²) in [6.07, 6.45) is 0. The van der Waals surface area contributed by atoms with E-state index < -0.39 is 0 Å². The Morgan fingerprint density at radius 3 is 2.17 bits per heavy atom. The number of carbonyl (C=O) groups is 1. The molecule has 0 atom stereocenters. The molecule has 0 fully saturated rings. The third-order valence-corrected chi connectivity index (χ3v) is 4.13. The van der Waals surface area contributed by atoms with E-state index >= 15 is 0 Å². The van der Waals surface area contributed by atoms with Crippen LogP contribution in [-0.2, 0) is 0 Å². The highest BCUT2D eigenvalue weighted by Gasteiger charge is 2.16. The molecule has 0 aliphatic heterocycles. The van der Waals surface area contributed by atoms with Gasteiger partial charge in [-0.15, -0.1) is 0 Å². The molecule has 1 aromatic carbocycles. The van der Waals surface area contributed by atoms with Gasteiger partial charge in [-0.05, 0) is 83.1 Å². The Morgan fingerprint density at radius 2 is 1.65 bits per heavy atom. The lowest BCUT2D eigenvalue weighted by Gasteiger charge is -2.20. The van der Waals surface area contributed by atoms with Gasteiger partial charge in [-0.2, -0.15) is 0 Å². The molecule has 2 rings (SSSR count). The third kappa shape index (κ3) is 5.06. The SMILES string of the molecule is Cc1cc(C)nc(Sc2ccc(C(=O)NC(C)(C)C)cc2C)n1. The summed E-state index contributed by atoms with van der Waals surface area (Å²) in [6, 6.07) is 7.67. The topological polar surface area (TPSA) is 54.9 Å². The van der Waals surface area contributed by atoms with Gasteiger partial charge in [-0.3, -0.25) is 4.79 Å². The van der Waals surface area contributed by atoms with Crippen molar-refractivity contribution in [3.05, 3.63) is 46.8 Å². The van der Waals surface area contributed by atoms with Gasteiger partial charge in [0.15, 0.2) is 5.16 Å². The fraction of sp³-hybridized carbons (Fsp3) is 0.389. The number of nitrogens with zero attached hydrogens (tertiary/aromatic N) is 2. The molecule has 0 aliphatic carbocycles. The van der Waals surface area contributed by atoms with E-state index in [0.29, 0.717) is 5.56 Å². The number of aryl methyl sites for hydroxylation is 3. The van der Waals surface area contributed by atoms with Crippen molar-refractivity contribution >= 4 is 17.7 Å². The molecule has 0 radical (unpaired) electrons. The van der Waals surface area contributed by atoms with Gasteiger partial charge >= 0.3 is 0 Å². The molecule has 4 nitrogen and oxygen atoms in total. The summed E-state index contributed by atoms with van der Waals surface area (Å²) in [5.41, 5.74) is 3.38. The fourth-order valence-electron chi connectivity index (χ4n) is 2.16. The van der Waals surface area contributed by atoms with Gasteiger partial charge in [0.25, 0.3) is 5.91 Å². The van der Waals surface area contributed by atoms with Crippen molar-refractivity contribution in [2.45, 2.75) is 57.1 Å². The number of aromatic nitrogens is 2. The highest BCUT2D eigenvalue weighted by molar-refractivity contribution is 7.99. The quantitative estimate of drug-likeness (QED) is 0.862. The van der Waals surface area contributed by atoms with Crippen LogP contribution in [-0.4, -0.2) is 21.4 Å². The van der Waals surface area contributed by atoms with Crippen LogP contribution in [0.25, 0.3) is 0 Å². The minimum Gasteiger partial charge on any atom is -0.347 e. The van der Waals surface area contributed by atoms with E-state index in [1.54, 1.807) is 0 Å². The Bertz CT molecular complexity index is 715. The lowest BCUT2D eigenvalue weighted by Crippen LogP contribution is -2.40. The summed E-state index contributed by atoms with van der Waals surface area (Å²) < 4.78 is 0. The summed E-state index contributed by atoms with van der Waals surface area (Å²) in [6.45, 7) is 11.8. The van der Waals surface area contributed by atoms with Gasteiger partial charge in [0, 0.05) is 27.4 Å². The van der Waals surface area contributed by atoms with Crippen molar-refractivity contribution in [3.8, 4) is 0 Å². The summed E-state index contributed by atoms with van der Waals surface area (Å²) in [7, 11) is 0. The fourth-order valence-corrected chi connectivity index (χ4v) is 3.09. The van der Waals surface area contributed by atoms with E-state index in [9.17, 15) is 4.79 Å². The van der Waals surface area contributed by atoms with E-state index in [0.717, 1.165) is 27.0 Å². The maximum Gasteiger partial charge on any atom is 0.251 e. The lowest BCUT2D eigenvalue weighted by molar-refractivity contribution is 0.0919. The molecule has 122 valence electrons. The predicted molar refractivity (Wildman–Crippen MR) is 94.0 cm³/mol. The van der Waals surface area contributed by atoms with Crippen LogP contribution < -0.4 is 5.32 Å². The van der Waals surface area contributed by atoms with Crippen LogP contribution in [0, 0.1) is 20.8 Å². The van der Waals surface area contributed by atoms with Gasteiger partial charge in [0.2, 0.25) is 0 Å². The molecule has 0 aliphatic rings. The zero-order valence-electron chi connectivity index (χ0n) is 14.5. The molecule has 5 heteroatoms. The van der Waals surface area contributed by atoms with Crippen LogP contribution in [0.5, 0.6) is 0 Å². The number of carbonyl (C=O) groups excluding carboxylic acids is 1. The predicted octanol–water partition coefficient (Wildman–Crippen LogP) is 4.08. The average molecular weight is 329 g/mol. The van der Waals surface area contributed by atoms with Crippen molar-refractivity contribution < 1.29 is 4.79 Å². The van der Waals surface area contributed by atoms with Crippen molar-refractivity contribution in [1.29, 1.82) is 0 Å². The Labute approximate surface area is 142 Å². The van der Waals surface area contributed by atoms with Crippen LogP contribution in [0.1, 0.15) is 48.1 Å². The van der Waals surface area contributed by atoms with Gasteiger partial charge in [0.05, 0.1) is 0 Å². The highest BCUT2D eigenvalue weighted by atomic mass is 32.2. The Balaban J connectivity index is 2.21. The van der Waals surface area contributed by atoms with Crippen molar-refractivity contribution in [2.75, 3.05) is 0 Å². The Kier molecular flexibility index (Phi) is 5.09. The normalized spacial score (nSPS) is 11.4. The van der Waals surface area contributed by atoms with Gasteiger partial charge < -0.3 is 5.32 Å². The third-order valence-electron chi connectivity index (χ3n) is 3.09. The number of nitrogens with one attached hydrogen (secondary N) is 1. The molecule has 2 aromatic rings. The first-order valence-corrected chi connectivity index (χ1v) is 8.39. The number of hydrogen-bond donors (Lipinski definition) is 1. The monoisotopic (exact) mass is 329 g/mol. The van der Waals surface area contributed by atoms with Crippen LogP contribution in [0.15, 0.2) is 34.3 Å². The number of amides is 1. The number of benzene rings is 1. The average Bonchev–Trinajstić information content (AvgIpc) is 2.38. The second kappa shape index (κ2) is 6.71. The first kappa shape index (κ1) is 17.5. The van der Waals surface area contributed by atoms with Gasteiger partial charge in [-0.25, -0.2) is 9.97 Å². The van der Waals surface area contributed by atoms with E-state index in [-0.39, 0.29) is 11.4 Å². The van der Waals surface area contributed by atoms with Crippen LogP contribution in [0.2, 0.25) is 0 Å². The standard InChI is InChI=1S/C18H23N3OS/c1-11-9-14(16(22)21-18(4,5)6)7-8-15(11)23-17-19-12(2)10-13(3)20-17/h7-10H,1-6H3,(H,21,22). The molecule has 1 amide bonds. The van der Waals surface area contributed by atoms with Crippen LogP contribution in [0.4, 0.5) is 0 Å². The van der Waals surface area contributed by atoms with Gasteiger partial charge in [0.1, 0.15) is 0 Å². The van der Waals surface area contributed by atoms with Crippen LogP contribution >= 0.6 is 11.8 Å². The lowest BCUT2D eigenvalue weighted by atomic mass is 10.1. The Morgan fingerprint density at radius 1 is 1.04 bits per heavy atom. The van der Waals surface area contributed by atoms with E-state index in [1.165, 1.54) is 11.8 Å². The first-order valence-electron chi connectivity index (χ1n) is 7.57. The summed E-state index contributed by atoms with van der Waals surface area (Å²) in [4.78, 5) is 22.2. The van der Waals surface area contributed by atoms with Crippen molar-refractivity contribution in [3.63, 3.8) is 0 Å². The largest absolute Gasteiger partial charge is 0.347 e. The summed E-state index contributed by atoms with van der Waals surface area (Å²) in [5, 5.41) is 3.71. The molecule has 23 heavy (non-hydrogen) atoms.